The van der Waals surface area contributed by atoms with Gasteiger partial charge in [-0.1, -0.05) is 44.2 Å². The molecule has 1 aliphatic heterocycles. The number of rotatable bonds is 6. The van der Waals surface area contributed by atoms with Crippen LogP contribution >= 0.6 is 0 Å². The number of hydrogen-bond acceptors (Lipinski definition) is 5. The second-order valence-corrected chi connectivity index (χ2v) is 10.0. The lowest BCUT2D eigenvalue weighted by Crippen LogP contribution is -2.49. The Morgan fingerprint density at radius 1 is 0.895 bits per heavy atom. The molecule has 0 atom stereocenters. The number of anilines is 2. The van der Waals surface area contributed by atoms with E-state index in [2.05, 4.69) is 24.1 Å². The van der Waals surface area contributed by atoms with Crippen molar-refractivity contribution < 1.29 is 14.0 Å². The van der Waals surface area contributed by atoms with Crippen molar-refractivity contribution in [3.63, 3.8) is 0 Å². The van der Waals surface area contributed by atoms with Crippen molar-refractivity contribution in [3.8, 4) is 11.1 Å². The molecule has 0 bridgehead atoms. The average molecular weight is 510 g/mol. The number of carbonyl (C=O) groups excluding carboxylic acids is 2. The van der Waals surface area contributed by atoms with Crippen LogP contribution in [0.5, 0.6) is 0 Å². The number of carbonyl (C=O) groups is 2. The molecule has 1 N–H and O–H groups in total. The van der Waals surface area contributed by atoms with Gasteiger partial charge in [0.05, 0.1) is 5.56 Å². The predicted molar refractivity (Wildman–Crippen MR) is 151 cm³/mol. The topological polar surface area (TPSA) is 82.9 Å². The highest BCUT2D eigenvalue weighted by Crippen LogP contribution is 2.24. The Balaban J connectivity index is 1.24. The van der Waals surface area contributed by atoms with Crippen molar-refractivity contribution in [1.29, 1.82) is 0 Å². The average Bonchev–Trinajstić information content (AvgIpc) is 2.93. The van der Waals surface area contributed by atoms with Gasteiger partial charge in [-0.2, -0.15) is 0 Å². The zero-order valence-electron chi connectivity index (χ0n) is 21.6. The second kappa shape index (κ2) is 10.9. The van der Waals surface area contributed by atoms with Crippen LogP contribution in [0.3, 0.4) is 0 Å². The molecule has 1 aliphatic rings. The molecule has 0 saturated carbocycles. The largest absolute Gasteiger partial charge is 0.422 e. The van der Waals surface area contributed by atoms with E-state index in [1.807, 2.05) is 47.4 Å². The number of piperazine rings is 1. The summed E-state index contributed by atoms with van der Waals surface area (Å²) in [7, 11) is 0. The van der Waals surface area contributed by atoms with Crippen LogP contribution in [0, 0.1) is 5.92 Å². The maximum Gasteiger partial charge on any atom is 0.344 e. The van der Waals surface area contributed by atoms with E-state index in [0.29, 0.717) is 40.3 Å². The Hall–Kier alpha value is -4.39. The summed E-state index contributed by atoms with van der Waals surface area (Å²) in [6, 6.07) is 23.8. The van der Waals surface area contributed by atoms with Gasteiger partial charge in [0.25, 0.3) is 5.91 Å². The summed E-state index contributed by atoms with van der Waals surface area (Å²) < 4.78 is 5.46. The molecule has 1 saturated heterocycles. The molecule has 0 spiro atoms. The van der Waals surface area contributed by atoms with E-state index in [1.54, 1.807) is 36.4 Å². The standard InChI is InChI=1S/C31H31N3O4/c1-21(2)18-29(35)34-16-14-33(15-17-34)26-12-10-25(11-13-26)32-30(36)24-8-5-7-22(19-24)27-20-23-6-3-4-9-28(23)38-31(27)37/h3-13,19-21H,14-18H2,1-2H3,(H,32,36). The normalized spacial score (nSPS) is 13.7. The molecule has 194 valence electrons. The van der Waals surface area contributed by atoms with Gasteiger partial charge in [-0.3, -0.25) is 9.59 Å². The van der Waals surface area contributed by atoms with Crippen molar-refractivity contribution in [2.45, 2.75) is 20.3 Å². The van der Waals surface area contributed by atoms with Crippen LogP contribution in [-0.4, -0.2) is 42.9 Å². The summed E-state index contributed by atoms with van der Waals surface area (Å²) in [4.78, 5) is 42.1. The van der Waals surface area contributed by atoms with E-state index in [0.717, 1.165) is 37.3 Å². The Morgan fingerprint density at radius 3 is 2.37 bits per heavy atom. The van der Waals surface area contributed by atoms with Crippen molar-refractivity contribution in [2.75, 3.05) is 36.4 Å². The summed E-state index contributed by atoms with van der Waals surface area (Å²) in [5.74, 6) is 0.328. The van der Waals surface area contributed by atoms with Crippen LogP contribution in [0.25, 0.3) is 22.1 Å². The third-order valence-corrected chi connectivity index (χ3v) is 6.78. The van der Waals surface area contributed by atoms with Crippen LogP contribution in [0.2, 0.25) is 0 Å². The molecule has 2 heterocycles. The molecule has 1 fully saturated rings. The summed E-state index contributed by atoms with van der Waals surface area (Å²) in [5, 5.41) is 3.76. The molecular formula is C31H31N3O4. The van der Waals surface area contributed by atoms with E-state index >= 15 is 0 Å². The van der Waals surface area contributed by atoms with Gasteiger partial charge in [0.15, 0.2) is 0 Å². The molecule has 7 heteroatoms. The lowest BCUT2D eigenvalue weighted by molar-refractivity contribution is -0.132. The van der Waals surface area contributed by atoms with Crippen molar-refractivity contribution in [1.82, 2.24) is 4.90 Å². The lowest BCUT2D eigenvalue weighted by Gasteiger charge is -2.36. The zero-order valence-corrected chi connectivity index (χ0v) is 21.6. The van der Waals surface area contributed by atoms with Crippen LogP contribution in [0.15, 0.2) is 88.1 Å². The van der Waals surface area contributed by atoms with Gasteiger partial charge in [-0.05, 0) is 60.0 Å². The Morgan fingerprint density at radius 2 is 1.63 bits per heavy atom. The quantitative estimate of drug-likeness (QED) is 0.352. The highest BCUT2D eigenvalue weighted by atomic mass is 16.4. The van der Waals surface area contributed by atoms with E-state index in [1.165, 1.54) is 0 Å². The minimum Gasteiger partial charge on any atom is -0.422 e. The zero-order chi connectivity index (χ0) is 26.6. The monoisotopic (exact) mass is 509 g/mol. The smallest absolute Gasteiger partial charge is 0.344 e. The lowest BCUT2D eigenvalue weighted by atomic mass is 10.0. The molecule has 38 heavy (non-hydrogen) atoms. The van der Waals surface area contributed by atoms with Crippen LogP contribution in [0.4, 0.5) is 11.4 Å². The third kappa shape index (κ3) is 5.62. The molecule has 0 aliphatic carbocycles. The molecule has 1 aromatic heterocycles. The van der Waals surface area contributed by atoms with Crippen LogP contribution < -0.4 is 15.8 Å². The van der Waals surface area contributed by atoms with Crippen LogP contribution in [0.1, 0.15) is 30.6 Å². The molecule has 2 amide bonds. The van der Waals surface area contributed by atoms with Crippen LogP contribution in [-0.2, 0) is 4.79 Å². The number of nitrogens with zero attached hydrogens (tertiary/aromatic N) is 2. The van der Waals surface area contributed by atoms with Gasteiger partial charge in [0.2, 0.25) is 5.91 Å². The molecule has 4 aromatic rings. The fourth-order valence-corrected chi connectivity index (χ4v) is 4.74. The molecule has 7 nitrogen and oxygen atoms in total. The number of amides is 2. The SMILES string of the molecule is CC(C)CC(=O)N1CCN(c2ccc(NC(=O)c3cccc(-c4cc5ccccc5oc4=O)c3)cc2)CC1. The summed E-state index contributed by atoms with van der Waals surface area (Å²) in [6.07, 6.45) is 0.590. The molecular weight excluding hydrogens is 478 g/mol. The number of benzene rings is 3. The van der Waals surface area contributed by atoms with E-state index in [-0.39, 0.29) is 11.8 Å². The highest BCUT2D eigenvalue weighted by Gasteiger charge is 2.21. The summed E-state index contributed by atoms with van der Waals surface area (Å²) in [5.41, 5.74) is 3.31. The first-order valence-corrected chi connectivity index (χ1v) is 12.9. The van der Waals surface area contributed by atoms with Gasteiger partial charge in [0, 0.05) is 54.9 Å². The van der Waals surface area contributed by atoms with Gasteiger partial charge in [-0.25, -0.2) is 4.79 Å². The third-order valence-electron chi connectivity index (χ3n) is 6.78. The first-order valence-electron chi connectivity index (χ1n) is 12.9. The number of fused-ring (bicyclic) bond motifs is 1. The van der Waals surface area contributed by atoms with E-state index in [9.17, 15) is 14.4 Å². The highest BCUT2D eigenvalue weighted by molar-refractivity contribution is 6.05. The Labute approximate surface area is 221 Å². The Bertz CT molecular complexity index is 1520. The Kier molecular flexibility index (Phi) is 7.26. The van der Waals surface area contributed by atoms with E-state index in [4.69, 9.17) is 4.42 Å². The number of nitrogens with one attached hydrogen (secondary N) is 1. The molecule has 0 unspecified atom stereocenters. The van der Waals surface area contributed by atoms with E-state index < -0.39 is 5.63 Å². The maximum absolute atomic E-state index is 13.0. The maximum atomic E-state index is 13.0. The van der Waals surface area contributed by atoms with Crippen molar-refractivity contribution in [2.24, 2.45) is 5.92 Å². The predicted octanol–water partition coefficient (Wildman–Crippen LogP) is 5.41. The molecule has 5 rings (SSSR count). The first-order chi connectivity index (χ1) is 18.4. The summed E-state index contributed by atoms with van der Waals surface area (Å²) >= 11 is 0. The number of hydrogen-bond donors (Lipinski definition) is 1. The minimum absolute atomic E-state index is 0.225. The van der Waals surface area contributed by atoms with Gasteiger partial charge < -0.3 is 19.5 Å². The minimum atomic E-state index is -0.443. The fraction of sp³-hybridized carbons (Fsp3) is 0.258. The molecule has 0 radical (unpaired) electrons. The number of para-hydroxylation sites is 1. The first kappa shape index (κ1) is 25.3. The van der Waals surface area contributed by atoms with Gasteiger partial charge in [0.1, 0.15) is 5.58 Å². The van der Waals surface area contributed by atoms with Crippen molar-refractivity contribution >= 4 is 34.2 Å². The molecule has 3 aromatic carbocycles. The van der Waals surface area contributed by atoms with Crippen molar-refractivity contribution in [3.05, 3.63) is 94.8 Å². The van der Waals surface area contributed by atoms with Gasteiger partial charge >= 0.3 is 5.63 Å². The summed E-state index contributed by atoms with van der Waals surface area (Å²) in [6.45, 7) is 7.13. The second-order valence-electron chi connectivity index (χ2n) is 10.0. The van der Waals surface area contributed by atoms with Gasteiger partial charge in [-0.15, -0.1) is 0 Å². The fourth-order valence-electron chi connectivity index (χ4n) is 4.74.